The Hall–Kier alpha value is -2.90. The van der Waals surface area contributed by atoms with Gasteiger partial charge in [-0.2, -0.15) is 0 Å². The maximum absolute atomic E-state index is 13.4. The molecule has 8 heteroatoms. The van der Waals surface area contributed by atoms with Gasteiger partial charge in [-0.05, 0) is 43.3 Å². The number of anilines is 1. The fourth-order valence-electron chi connectivity index (χ4n) is 1.77. The first-order valence-corrected chi connectivity index (χ1v) is 7.05. The van der Waals surface area contributed by atoms with E-state index >= 15 is 0 Å². The molecule has 0 saturated carbocycles. The Morgan fingerprint density at radius 2 is 1.58 bits per heavy atom. The zero-order valence-electron chi connectivity index (χ0n) is 12.7. The van der Waals surface area contributed by atoms with Gasteiger partial charge in [0.15, 0.2) is 24.2 Å². The van der Waals surface area contributed by atoms with E-state index in [0.717, 1.165) is 6.07 Å². The average molecular weight is 340 g/mol. The van der Waals surface area contributed by atoms with Crippen LogP contribution in [0.5, 0.6) is 11.5 Å². The number of nitrogens with one attached hydrogen (secondary N) is 2. The third-order valence-electron chi connectivity index (χ3n) is 2.89. The molecular formula is C16H15F3N2O3. The quantitative estimate of drug-likeness (QED) is 0.623. The van der Waals surface area contributed by atoms with Crippen molar-refractivity contribution >= 4 is 11.7 Å². The van der Waals surface area contributed by atoms with Gasteiger partial charge in [0.25, 0.3) is 0 Å². The van der Waals surface area contributed by atoms with Gasteiger partial charge in [0.2, 0.25) is 0 Å². The minimum absolute atomic E-state index is 0.203. The molecule has 2 rings (SSSR count). The van der Waals surface area contributed by atoms with Crippen molar-refractivity contribution in [3.05, 3.63) is 53.8 Å². The van der Waals surface area contributed by atoms with Crippen LogP contribution in [0.4, 0.5) is 23.7 Å². The summed E-state index contributed by atoms with van der Waals surface area (Å²) >= 11 is 0. The van der Waals surface area contributed by atoms with Crippen LogP contribution in [0.2, 0.25) is 0 Å². The van der Waals surface area contributed by atoms with E-state index < -0.39 is 29.2 Å². The highest BCUT2D eigenvalue weighted by molar-refractivity contribution is 5.89. The molecule has 2 aromatic carbocycles. The average Bonchev–Trinajstić information content (AvgIpc) is 2.57. The predicted molar refractivity (Wildman–Crippen MR) is 81.6 cm³/mol. The summed E-state index contributed by atoms with van der Waals surface area (Å²) in [5.41, 5.74) is -0.479. The Bertz CT molecular complexity index is 708. The van der Waals surface area contributed by atoms with Crippen molar-refractivity contribution in [2.75, 3.05) is 18.7 Å². The highest BCUT2D eigenvalue weighted by Gasteiger charge is 2.14. The molecule has 0 spiro atoms. The lowest BCUT2D eigenvalue weighted by atomic mass is 10.3. The highest BCUT2D eigenvalue weighted by atomic mass is 19.2. The standard InChI is InChI=1S/C16H15F3N2O3/c1-2-23-10-3-5-11(6-4-10)24-9-20-16(22)21-13-8-7-12(17)14(18)15(13)19/h3-8H,2,9H2,1H3,(H2,20,21,22). The molecule has 0 unspecified atom stereocenters. The van der Waals surface area contributed by atoms with E-state index in [-0.39, 0.29) is 6.73 Å². The van der Waals surface area contributed by atoms with Gasteiger partial charge in [-0.25, -0.2) is 18.0 Å². The first kappa shape index (κ1) is 17.5. The number of carbonyl (C=O) groups is 1. The van der Waals surface area contributed by atoms with E-state index in [4.69, 9.17) is 9.47 Å². The molecule has 2 N–H and O–H groups in total. The van der Waals surface area contributed by atoms with Gasteiger partial charge in [0.1, 0.15) is 11.5 Å². The van der Waals surface area contributed by atoms with Gasteiger partial charge in [0.05, 0.1) is 12.3 Å². The molecule has 0 bridgehead atoms. The molecule has 128 valence electrons. The predicted octanol–water partition coefficient (Wildman–Crippen LogP) is 3.66. The lowest BCUT2D eigenvalue weighted by molar-refractivity contribution is 0.234. The van der Waals surface area contributed by atoms with E-state index in [1.807, 2.05) is 6.92 Å². The van der Waals surface area contributed by atoms with Crippen molar-refractivity contribution in [3.63, 3.8) is 0 Å². The van der Waals surface area contributed by atoms with Crippen LogP contribution in [-0.4, -0.2) is 19.4 Å². The summed E-state index contributed by atoms with van der Waals surface area (Å²) in [5.74, 6) is -3.30. The van der Waals surface area contributed by atoms with Gasteiger partial charge in [-0.15, -0.1) is 0 Å². The minimum Gasteiger partial charge on any atom is -0.494 e. The molecule has 0 heterocycles. The SMILES string of the molecule is CCOc1ccc(OCNC(=O)Nc2ccc(F)c(F)c2F)cc1. The molecule has 2 amide bonds. The number of amides is 2. The molecular weight excluding hydrogens is 325 g/mol. The van der Waals surface area contributed by atoms with Crippen LogP contribution >= 0.6 is 0 Å². The molecule has 5 nitrogen and oxygen atoms in total. The molecule has 0 aliphatic heterocycles. The first-order chi connectivity index (χ1) is 11.5. The van der Waals surface area contributed by atoms with Gasteiger partial charge >= 0.3 is 6.03 Å². The fourth-order valence-corrected chi connectivity index (χ4v) is 1.77. The minimum atomic E-state index is -1.65. The Morgan fingerprint density at radius 3 is 2.21 bits per heavy atom. The van der Waals surface area contributed by atoms with E-state index in [2.05, 4.69) is 10.6 Å². The number of urea groups is 1. The molecule has 0 aliphatic carbocycles. The Morgan fingerprint density at radius 1 is 0.958 bits per heavy atom. The number of hydrogen-bond donors (Lipinski definition) is 2. The van der Waals surface area contributed by atoms with Crippen LogP contribution in [0.25, 0.3) is 0 Å². The summed E-state index contributed by atoms with van der Waals surface area (Å²) in [6, 6.07) is 7.51. The van der Waals surface area contributed by atoms with Crippen LogP contribution in [0.3, 0.4) is 0 Å². The summed E-state index contributed by atoms with van der Waals surface area (Å²) in [4.78, 5) is 11.6. The third kappa shape index (κ3) is 4.55. The van der Waals surface area contributed by atoms with Gasteiger partial charge in [-0.1, -0.05) is 0 Å². The maximum Gasteiger partial charge on any atom is 0.321 e. The van der Waals surface area contributed by atoms with E-state index in [9.17, 15) is 18.0 Å². The lowest BCUT2D eigenvalue weighted by Crippen LogP contribution is -2.32. The molecule has 0 atom stereocenters. The van der Waals surface area contributed by atoms with Gasteiger partial charge in [0, 0.05) is 0 Å². The monoisotopic (exact) mass is 340 g/mol. The number of carbonyl (C=O) groups excluding carboxylic acids is 1. The molecule has 0 aromatic heterocycles. The topological polar surface area (TPSA) is 59.6 Å². The summed E-state index contributed by atoms with van der Waals surface area (Å²) in [6.45, 7) is 2.20. The number of benzene rings is 2. The third-order valence-corrected chi connectivity index (χ3v) is 2.89. The van der Waals surface area contributed by atoms with Crippen molar-refractivity contribution in [1.29, 1.82) is 0 Å². The van der Waals surface area contributed by atoms with Crippen LogP contribution in [-0.2, 0) is 0 Å². The molecule has 0 radical (unpaired) electrons. The molecule has 24 heavy (non-hydrogen) atoms. The van der Waals surface area contributed by atoms with Crippen molar-refractivity contribution in [1.82, 2.24) is 5.32 Å². The second-order valence-corrected chi connectivity index (χ2v) is 4.55. The smallest absolute Gasteiger partial charge is 0.321 e. The summed E-state index contributed by atoms with van der Waals surface area (Å²) in [6.07, 6.45) is 0. The van der Waals surface area contributed by atoms with Crippen molar-refractivity contribution in [2.45, 2.75) is 6.92 Å². The first-order valence-electron chi connectivity index (χ1n) is 7.05. The number of halogens is 3. The molecule has 0 saturated heterocycles. The Kier molecular flexibility index (Phi) is 5.89. The van der Waals surface area contributed by atoms with E-state index in [1.165, 1.54) is 0 Å². The second-order valence-electron chi connectivity index (χ2n) is 4.55. The maximum atomic E-state index is 13.4. The van der Waals surface area contributed by atoms with Gasteiger partial charge in [-0.3, -0.25) is 0 Å². The van der Waals surface area contributed by atoms with Crippen LogP contribution < -0.4 is 20.1 Å². The zero-order chi connectivity index (χ0) is 17.5. The van der Waals surface area contributed by atoms with E-state index in [0.29, 0.717) is 24.2 Å². The summed E-state index contributed by atoms with van der Waals surface area (Å²) in [7, 11) is 0. The highest BCUT2D eigenvalue weighted by Crippen LogP contribution is 2.19. The van der Waals surface area contributed by atoms with Crippen LogP contribution in [0.15, 0.2) is 36.4 Å². The number of rotatable bonds is 6. The van der Waals surface area contributed by atoms with Gasteiger partial charge < -0.3 is 20.1 Å². The molecule has 2 aromatic rings. The molecule has 0 fully saturated rings. The lowest BCUT2D eigenvalue weighted by Gasteiger charge is -2.11. The largest absolute Gasteiger partial charge is 0.494 e. The summed E-state index contributed by atoms with van der Waals surface area (Å²) in [5, 5.41) is 4.35. The Balaban J connectivity index is 1.82. The van der Waals surface area contributed by atoms with E-state index in [1.54, 1.807) is 24.3 Å². The zero-order valence-corrected chi connectivity index (χ0v) is 12.7. The van der Waals surface area contributed by atoms with Crippen LogP contribution in [0.1, 0.15) is 6.92 Å². The fraction of sp³-hybridized carbons (Fsp3) is 0.188. The Labute approximate surface area is 136 Å². The van der Waals surface area contributed by atoms with Crippen molar-refractivity contribution in [3.8, 4) is 11.5 Å². The summed E-state index contributed by atoms with van der Waals surface area (Å²) < 4.78 is 49.8. The van der Waals surface area contributed by atoms with Crippen molar-refractivity contribution in [2.24, 2.45) is 0 Å². The normalized spacial score (nSPS) is 10.2. The molecule has 0 aliphatic rings. The van der Waals surface area contributed by atoms with Crippen LogP contribution in [0, 0.1) is 17.5 Å². The van der Waals surface area contributed by atoms with Crippen molar-refractivity contribution < 1.29 is 27.4 Å². The number of hydrogen-bond acceptors (Lipinski definition) is 3. The second kappa shape index (κ2) is 8.09. The number of ether oxygens (including phenoxy) is 2.